The van der Waals surface area contributed by atoms with Gasteiger partial charge in [-0.25, -0.2) is 0 Å². The third-order valence-corrected chi connectivity index (χ3v) is 4.49. The number of aliphatic imine (C=N–C) groups is 1. The lowest BCUT2D eigenvalue weighted by Crippen LogP contribution is -1.96. The smallest absolute Gasteiger partial charge is 0.119 e. The van der Waals surface area contributed by atoms with Crippen molar-refractivity contribution in [2.24, 2.45) is 4.99 Å². The van der Waals surface area contributed by atoms with Crippen LogP contribution in [-0.2, 0) is 6.61 Å². The summed E-state index contributed by atoms with van der Waals surface area (Å²) in [6, 6.07) is 14.6. The molecule has 0 fully saturated rings. The van der Waals surface area contributed by atoms with Crippen molar-refractivity contribution in [3.63, 3.8) is 0 Å². The molecule has 0 unspecified atom stereocenters. The van der Waals surface area contributed by atoms with Crippen molar-refractivity contribution in [1.82, 2.24) is 0 Å². The Bertz CT molecular complexity index is 658. The minimum absolute atomic E-state index is 0.603. The van der Waals surface area contributed by atoms with E-state index < -0.39 is 0 Å². The standard InChI is InChI=1S/C23H31NO/c1-4-5-6-7-8-15-24-17-21-11-13-23(14-12-21)25-18-22-10-9-19(2)20(3)16-22/h9-14,16-17H,4-8,15,18H2,1-3H3. The molecule has 0 saturated heterocycles. The monoisotopic (exact) mass is 337 g/mol. The summed E-state index contributed by atoms with van der Waals surface area (Å²) in [7, 11) is 0. The first kappa shape index (κ1) is 19.2. The molecule has 2 rings (SSSR count). The van der Waals surface area contributed by atoms with E-state index in [4.69, 9.17) is 4.74 Å². The number of nitrogens with zero attached hydrogens (tertiary/aromatic N) is 1. The van der Waals surface area contributed by atoms with Crippen molar-refractivity contribution < 1.29 is 4.74 Å². The highest BCUT2D eigenvalue weighted by Crippen LogP contribution is 2.15. The van der Waals surface area contributed by atoms with Gasteiger partial charge in [-0.3, -0.25) is 4.99 Å². The molecule has 0 radical (unpaired) electrons. The van der Waals surface area contributed by atoms with Gasteiger partial charge in [0.25, 0.3) is 0 Å². The van der Waals surface area contributed by atoms with Crippen molar-refractivity contribution in [1.29, 1.82) is 0 Å². The fourth-order valence-corrected chi connectivity index (χ4v) is 2.69. The van der Waals surface area contributed by atoms with Gasteiger partial charge in [-0.2, -0.15) is 0 Å². The normalized spacial score (nSPS) is 11.2. The van der Waals surface area contributed by atoms with E-state index in [1.165, 1.54) is 48.8 Å². The molecule has 2 heteroatoms. The van der Waals surface area contributed by atoms with E-state index in [-0.39, 0.29) is 0 Å². The fraction of sp³-hybridized carbons (Fsp3) is 0.435. The molecule has 0 aliphatic rings. The Labute approximate surface area is 153 Å². The Hall–Kier alpha value is -2.09. The number of rotatable bonds is 10. The van der Waals surface area contributed by atoms with E-state index in [2.05, 4.69) is 56.1 Å². The first-order chi connectivity index (χ1) is 12.2. The summed E-state index contributed by atoms with van der Waals surface area (Å²) in [5.74, 6) is 0.898. The van der Waals surface area contributed by atoms with Gasteiger partial charge in [0.05, 0.1) is 0 Å². The molecule has 0 aliphatic carbocycles. The number of hydrogen-bond acceptors (Lipinski definition) is 2. The van der Waals surface area contributed by atoms with E-state index in [1.54, 1.807) is 0 Å². The van der Waals surface area contributed by atoms with Crippen molar-refractivity contribution in [3.05, 3.63) is 64.7 Å². The van der Waals surface area contributed by atoms with Gasteiger partial charge in [-0.05, 0) is 66.8 Å². The van der Waals surface area contributed by atoms with Gasteiger partial charge in [0.1, 0.15) is 12.4 Å². The zero-order valence-corrected chi connectivity index (χ0v) is 15.9. The molecule has 0 bridgehead atoms. The molecular formula is C23H31NO. The first-order valence-corrected chi connectivity index (χ1v) is 9.48. The zero-order valence-electron chi connectivity index (χ0n) is 15.9. The van der Waals surface area contributed by atoms with Crippen LogP contribution in [0.15, 0.2) is 47.5 Å². The van der Waals surface area contributed by atoms with Crippen LogP contribution in [0.4, 0.5) is 0 Å². The Kier molecular flexibility index (Phi) is 8.24. The minimum Gasteiger partial charge on any atom is -0.489 e. The molecule has 0 N–H and O–H groups in total. The molecule has 25 heavy (non-hydrogen) atoms. The molecule has 134 valence electrons. The SMILES string of the molecule is CCCCCCCN=Cc1ccc(OCc2ccc(C)c(C)c2)cc1. The van der Waals surface area contributed by atoms with Gasteiger partial charge in [0.15, 0.2) is 0 Å². The van der Waals surface area contributed by atoms with Crippen LogP contribution < -0.4 is 4.74 Å². The summed E-state index contributed by atoms with van der Waals surface area (Å²) in [6.07, 6.45) is 8.41. The van der Waals surface area contributed by atoms with Crippen LogP contribution in [0.25, 0.3) is 0 Å². The maximum atomic E-state index is 5.88. The van der Waals surface area contributed by atoms with Crippen LogP contribution in [0, 0.1) is 13.8 Å². The van der Waals surface area contributed by atoms with Gasteiger partial charge >= 0.3 is 0 Å². The number of ether oxygens (including phenoxy) is 1. The third kappa shape index (κ3) is 7.13. The van der Waals surface area contributed by atoms with E-state index >= 15 is 0 Å². The summed E-state index contributed by atoms with van der Waals surface area (Å²) in [5, 5.41) is 0. The number of hydrogen-bond donors (Lipinski definition) is 0. The molecular weight excluding hydrogens is 306 g/mol. The minimum atomic E-state index is 0.603. The van der Waals surface area contributed by atoms with Crippen molar-refractivity contribution >= 4 is 6.21 Å². The van der Waals surface area contributed by atoms with E-state index in [9.17, 15) is 0 Å². The Morgan fingerprint density at radius 3 is 2.36 bits per heavy atom. The van der Waals surface area contributed by atoms with Crippen LogP contribution in [0.3, 0.4) is 0 Å². The van der Waals surface area contributed by atoms with E-state index in [0.29, 0.717) is 6.61 Å². The number of aryl methyl sites for hydroxylation is 2. The molecule has 0 spiro atoms. The second kappa shape index (κ2) is 10.7. The summed E-state index contributed by atoms with van der Waals surface area (Å²) >= 11 is 0. The lowest BCUT2D eigenvalue weighted by molar-refractivity contribution is 0.306. The van der Waals surface area contributed by atoms with Crippen LogP contribution in [-0.4, -0.2) is 12.8 Å². The summed E-state index contributed by atoms with van der Waals surface area (Å²) < 4.78 is 5.88. The molecule has 0 aromatic heterocycles. The molecule has 2 nitrogen and oxygen atoms in total. The first-order valence-electron chi connectivity index (χ1n) is 9.48. The molecule has 0 aliphatic heterocycles. The van der Waals surface area contributed by atoms with Gasteiger partial charge < -0.3 is 4.74 Å². The number of unbranched alkanes of at least 4 members (excludes halogenated alkanes) is 4. The highest BCUT2D eigenvalue weighted by molar-refractivity contribution is 5.79. The van der Waals surface area contributed by atoms with Crippen molar-refractivity contribution in [2.45, 2.75) is 59.5 Å². The highest BCUT2D eigenvalue weighted by Gasteiger charge is 1.99. The average molecular weight is 338 g/mol. The molecule has 0 heterocycles. The fourth-order valence-electron chi connectivity index (χ4n) is 2.69. The molecule has 0 saturated carbocycles. The largest absolute Gasteiger partial charge is 0.489 e. The molecule has 2 aromatic rings. The van der Waals surface area contributed by atoms with Crippen molar-refractivity contribution in [3.8, 4) is 5.75 Å². The average Bonchev–Trinajstić information content (AvgIpc) is 2.63. The maximum absolute atomic E-state index is 5.88. The molecule has 0 amide bonds. The van der Waals surface area contributed by atoms with Gasteiger partial charge in [-0.15, -0.1) is 0 Å². The third-order valence-electron chi connectivity index (χ3n) is 4.49. The maximum Gasteiger partial charge on any atom is 0.119 e. The summed E-state index contributed by atoms with van der Waals surface area (Å²) in [4.78, 5) is 4.51. The second-order valence-corrected chi connectivity index (χ2v) is 6.73. The lowest BCUT2D eigenvalue weighted by Gasteiger charge is -2.08. The second-order valence-electron chi connectivity index (χ2n) is 6.73. The molecule has 2 aromatic carbocycles. The van der Waals surface area contributed by atoms with Crippen LogP contribution in [0.1, 0.15) is 61.3 Å². The van der Waals surface area contributed by atoms with Crippen molar-refractivity contribution in [2.75, 3.05) is 6.54 Å². The predicted molar refractivity (Wildman–Crippen MR) is 108 cm³/mol. The van der Waals surface area contributed by atoms with E-state index in [0.717, 1.165) is 17.9 Å². The lowest BCUT2D eigenvalue weighted by atomic mass is 10.1. The molecule has 0 atom stereocenters. The van der Waals surface area contributed by atoms with Gasteiger partial charge in [0.2, 0.25) is 0 Å². The zero-order chi connectivity index (χ0) is 17.9. The highest BCUT2D eigenvalue weighted by atomic mass is 16.5. The summed E-state index contributed by atoms with van der Waals surface area (Å²) in [5.41, 5.74) is 4.96. The quantitative estimate of drug-likeness (QED) is 0.370. The Balaban J connectivity index is 1.74. The van der Waals surface area contributed by atoms with Crippen LogP contribution in [0.2, 0.25) is 0 Å². The topological polar surface area (TPSA) is 21.6 Å². The van der Waals surface area contributed by atoms with Crippen LogP contribution in [0.5, 0.6) is 5.75 Å². The number of benzene rings is 2. The van der Waals surface area contributed by atoms with E-state index in [1.807, 2.05) is 18.3 Å². The Morgan fingerprint density at radius 1 is 0.880 bits per heavy atom. The Morgan fingerprint density at radius 2 is 1.64 bits per heavy atom. The summed E-state index contributed by atoms with van der Waals surface area (Å²) in [6.45, 7) is 8.04. The predicted octanol–water partition coefficient (Wildman–Crippen LogP) is 6.27. The van der Waals surface area contributed by atoms with Crippen LogP contribution >= 0.6 is 0 Å². The van der Waals surface area contributed by atoms with Gasteiger partial charge in [-0.1, -0.05) is 50.8 Å². The van der Waals surface area contributed by atoms with Gasteiger partial charge in [0, 0.05) is 12.8 Å².